The number of aryl methyl sites for hydroxylation is 1. The van der Waals surface area contributed by atoms with Crippen LogP contribution in [0.5, 0.6) is 0 Å². The number of amides is 1. The molecule has 2 aromatic carbocycles. The van der Waals surface area contributed by atoms with Crippen LogP contribution in [0, 0.1) is 6.92 Å². The minimum absolute atomic E-state index is 0.0533. The number of rotatable bonds is 3. The van der Waals surface area contributed by atoms with Gasteiger partial charge in [-0.15, -0.1) is 0 Å². The summed E-state index contributed by atoms with van der Waals surface area (Å²) in [5, 5.41) is 0.723. The van der Waals surface area contributed by atoms with E-state index in [-0.39, 0.29) is 18.6 Å². The van der Waals surface area contributed by atoms with Gasteiger partial charge in [0.2, 0.25) is 0 Å². The second kappa shape index (κ2) is 6.83. The van der Waals surface area contributed by atoms with Crippen LogP contribution in [-0.4, -0.2) is 29.5 Å². The lowest BCUT2D eigenvalue weighted by Crippen LogP contribution is -2.38. The van der Waals surface area contributed by atoms with Crippen LogP contribution in [0.1, 0.15) is 28.5 Å². The molecule has 27 heavy (non-hydrogen) atoms. The van der Waals surface area contributed by atoms with Gasteiger partial charge in [-0.05, 0) is 44.0 Å². The molecule has 1 amide bonds. The number of fused-ring (bicyclic) bond motifs is 2. The summed E-state index contributed by atoms with van der Waals surface area (Å²) in [6.45, 7) is 3.55. The van der Waals surface area contributed by atoms with Gasteiger partial charge in [-0.25, -0.2) is 4.79 Å². The Morgan fingerprint density at radius 1 is 1.15 bits per heavy atom. The topological polar surface area (TPSA) is 59.5 Å². The highest BCUT2D eigenvalue weighted by molar-refractivity contribution is 6.05. The molecule has 0 aliphatic carbocycles. The number of carbonyl (C=O) groups is 2. The third-order valence-corrected chi connectivity index (χ3v) is 4.87. The Balaban J connectivity index is 1.53. The number of hydrogen-bond acceptors (Lipinski definition) is 4. The molecule has 1 aliphatic heterocycles. The quantitative estimate of drug-likeness (QED) is 0.669. The number of pyridine rings is 1. The molecule has 0 fully saturated rings. The maximum atomic E-state index is 12.7. The molecule has 4 rings (SSSR count). The van der Waals surface area contributed by atoms with Crippen molar-refractivity contribution in [1.29, 1.82) is 0 Å². The van der Waals surface area contributed by atoms with Crippen LogP contribution in [0.4, 0.5) is 5.69 Å². The van der Waals surface area contributed by atoms with Gasteiger partial charge in [0.05, 0.1) is 11.1 Å². The van der Waals surface area contributed by atoms with E-state index in [1.807, 2.05) is 62.4 Å². The summed E-state index contributed by atoms with van der Waals surface area (Å²) in [5.41, 5.74) is 3.93. The van der Waals surface area contributed by atoms with Gasteiger partial charge in [-0.2, -0.15) is 0 Å². The fourth-order valence-corrected chi connectivity index (χ4v) is 3.70. The van der Waals surface area contributed by atoms with Crippen molar-refractivity contribution in [1.82, 2.24) is 4.98 Å². The van der Waals surface area contributed by atoms with E-state index in [9.17, 15) is 9.59 Å². The van der Waals surface area contributed by atoms with Crippen LogP contribution < -0.4 is 4.90 Å². The van der Waals surface area contributed by atoms with Crippen LogP contribution in [-0.2, 0) is 16.0 Å². The molecule has 3 aromatic rings. The van der Waals surface area contributed by atoms with Gasteiger partial charge >= 0.3 is 5.97 Å². The van der Waals surface area contributed by atoms with Crippen LogP contribution >= 0.6 is 0 Å². The number of nitrogens with zero attached hydrogens (tertiary/aromatic N) is 2. The van der Waals surface area contributed by atoms with Crippen LogP contribution in [0.2, 0.25) is 0 Å². The van der Waals surface area contributed by atoms with Crippen molar-refractivity contribution in [2.75, 3.05) is 11.5 Å². The molecule has 0 N–H and O–H groups in total. The Labute approximate surface area is 157 Å². The normalized spacial score (nSPS) is 15.6. The number of hydrogen-bond donors (Lipinski definition) is 0. The Morgan fingerprint density at radius 2 is 1.89 bits per heavy atom. The summed E-state index contributed by atoms with van der Waals surface area (Å²) in [7, 11) is 0. The predicted octanol–water partition coefficient (Wildman–Crippen LogP) is 3.68. The summed E-state index contributed by atoms with van der Waals surface area (Å²) >= 11 is 0. The average molecular weight is 360 g/mol. The van der Waals surface area contributed by atoms with E-state index in [2.05, 4.69) is 4.98 Å². The third-order valence-electron chi connectivity index (χ3n) is 4.87. The van der Waals surface area contributed by atoms with Crippen LogP contribution in [0.15, 0.2) is 54.6 Å². The van der Waals surface area contributed by atoms with Crippen molar-refractivity contribution in [3.8, 4) is 0 Å². The first-order valence-corrected chi connectivity index (χ1v) is 8.98. The van der Waals surface area contributed by atoms with Gasteiger partial charge in [0, 0.05) is 22.8 Å². The van der Waals surface area contributed by atoms with Gasteiger partial charge in [0.15, 0.2) is 6.61 Å². The van der Waals surface area contributed by atoms with Gasteiger partial charge in [-0.1, -0.05) is 36.4 Å². The van der Waals surface area contributed by atoms with E-state index in [1.54, 1.807) is 11.0 Å². The largest absolute Gasteiger partial charge is 0.452 e. The summed E-state index contributed by atoms with van der Waals surface area (Å²) in [4.78, 5) is 31.5. The van der Waals surface area contributed by atoms with Crippen LogP contribution in [0.3, 0.4) is 0 Å². The number of ether oxygens (including phenoxy) is 1. The van der Waals surface area contributed by atoms with Crippen molar-refractivity contribution in [2.24, 2.45) is 0 Å². The molecular formula is C22H20N2O3. The molecule has 0 saturated heterocycles. The van der Waals surface area contributed by atoms with Crippen molar-refractivity contribution < 1.29 is 14.3 Å². The molecule has 0 radical (unpaired) electrons. The van der Waals surface area contributed by atoms with E-state index in [4.69, 9.17) is 4.74 Å². The minimum atomic E-state index is -0.509. The summed E-state index contributed by atoms with van der Waals surface area (Å²) < 4.78 is 5.37. The zero-order chi connectivity index (χ0) is 19.0. The Morgan fingerprint density at radius 3 is 2.74 bits per heavy atom. The highest BCUT2D eigenvalue weighted by atomic mass is 16.5. The Hall–Kier alpha value is -3.21. The summed E-state index contributed by atoms with van der Waals surface area (Å²) in [6.07, 6.45) is 0.810. The highest BCUT2D eigenvalue weighted by Gasteiger charge is 2.31. The second-order valence-corrected chi connectivity index (χ2v) is 6.85. The molecule has 0 spiro atoms. The summed E-state index contributed by atoms with van der Waals surface area (Å²) in [6, 6.07) is 17.0. The molecule has 1 aromatic heterocycles. The number of para-hydroxylation sites is 2. The highest BCUT2D eigenvalue weighted by Crippen LogP contribution is 2.31. The maximum absolute atomic E-state index is 12.7. The first kappa shape index (κ1) is 17.2. The van der Waals surface area contributed by atoms with E-state index in [1.165, 1.54) is 0 Å². The lowest BCUT2D eigenvalue weighted by molar-refractivity contribution is -0.122. The molecule has 1 unspecified atom stereocenters. The molecule has 5 nitrogen and oxygen atoms in total. The number of esters is 1. The van der Waals surface area contributed by atoms with Crippen molar-refractivity contribution in [2.45, 2.75) is 26.3 Å². The zero-order valence-corrected chi connectivity index (χ0v) is 15.3. The van der Waals surface area contributed by atoms with Crippen molar-refractivity contribution in [3.63, 3.8) is 0 Å². The van der Waals surface area contributed by atoms with Gasteiger partial charge in [0.1, 0.15) is 0 Å². The molecule has 136 valence electrons. The number of aromatic nitrogens is 1. The lowest BCUT2D eigenvalue weighted by atomic mass is 10.1. The second-order valence-electron chi connectivity index (χ2n) is 6.85. The summed E-state index contributed by atoms with van der Waals surface area (Å²) in [5.74, 6) is -0.721. The van der Waals surface area contributed by atoms with E-state index < -0.39 is 5.97 Å². The van der Waals surface area contributed by atoms with Gasteiger partial charge in [0.25, 0.3) is 5.91 Å². The fourth-order valence-electron chi connectivity index (χ4n) is 3.70. The number of benzene rings is 2. The van der Waals surface area contributed by atoms with E-state index in [0.717, 1.165) is 34.3 Å². The predicted molar refractivity (Wildman–Crippen MR) is 104 cm³/mol. The maximum Gasteiger partial charge on any atom is 0.339 e. The molecule has 2 heterocycles. The minimum Gasteiger partial charge on any atom is -0.452 e. The number of carbonyl (C=O) groups excluding carboxylic acids is 2. The molecule has 1 aliphatic rings. The smallest absolute Gasteiger partial charge is 0.339 e. The SMILES string of the molecule is Cc1cc(C(=O)OCC(=O)N2c3ccccc3CC2C)c2ccccc2n1. The van der Waals surface area contributed by atoms with E-state index in [0.29, 0.717) is 5.56 Å². The third kappa shape index (κ3) is 3.16. The van der Waals surface area contributed by atoms with Crippen molar-refractivity contribution in [3.05, 3.63) is 71.4 Å². The Kier molecular flexibility index (Phi) is 4.36. The van der Waals surface area contributed by atoms with Gasteiger partial charge in [-0.3, -0.25) is 9.78 Å². The first-order valence-electron chi connectivity index (χ1n) is 8.98. The fraction of sp³-hybridized carbons (Fsp3) is 0.227. The van der Waals surface area contributed by atoms with Gasteiger partial charge < -0.3 is 9.64 Å². The van der Waals surface area contributed by atoms with Crippen LogP contribution in [0.25, 0.3) is 10.9 Å². The molecule has 1 atom stereocenters. The molecule has 0 saturated carbocycles. The molecular weight excluding hydrogens is 340 g/mol. The molecule has 0 bridgehead atoms. The monoisotopic (exact) mass is 360 g/mol. The standard InChI is InChI=1S/C22H20N2O3/c1-14-11-18(17-8-4-5-9-19(17)23-14)22(26)27-13-21(25)24-15(2)12-16-7-3-6-10-20(16)24/h3-11,15H,12-13H2,1-2H3. The number of anilines is 1. The molecule has 5 heteroatoms. The first-order chi connectivity index (χ1) is 13.0. The van der Waals surface area contributed by atoms with Crippen molar-refractivity contribution >= 4 is 28.5 Å². The Bertz CT molecular complexity index is 1040. The average Bonchev–Trinajstić information content (AvgIpc) is 3.00. The van der Waals surface area contributed by atoms with E-state index >= 15 is 0 Å². The zero-order valence-electron chi connectivity index (χ0n) is 15.3. The lowest BCUT2D eigenvalue weighted by Gasteiger charge is -2.22.